The molecule has 1 aromatic carbocycles. The summed E-state index contributed by atoms with van der Waals surface area (Å²) in [5.74, 6) is 0. The van der Waals surface area contributed by atoms with Crippen LogP contribution in [0.4, 0.5) is 0 Å². The van der Waals surface area contributed by atoms with Gasteiger partial charge >= 0.3 is 0 Å². The van der Waals surface area contributed by atoms with E-state index in [1.807, 2.05) is 12.1 Å². The summed E-state index contributed by atoms with van der Waals surface area (Å²) < 4.78 is 0. The van der Waals surface area contributed by atoms with E-state index >= 15 is 0 Å². The van der Waals surface area contributed by atoms with Gasteiger partial charge in [0.25, 0.3) is 0 Å². The predicted molar refractivity (Wildman–Crippen MR) is 60.6 cm³/mol. The van der Waals surface area contributed by atoms with Crippen molar-refractivity contribution in [2.75, 3.05) is 13.1 Å². The predicted octanol–water partition coefficient (Wildman–Crippen LogP) is 2.60. The van der Waals surface area contributed by atoms with E-state index in [-0.39, 0.29) is 0 Å². The van der Waals surface area contributed by atoms with Crippen molar-refractivity contribution in [2.24, 2.45) is 0 Å². The van der Waals surface area contributed by atoms with Gasteiger partial charge in [-0.25, -0.2) is 5.32 Å². The minimum absolute atomic E-state index is 0.526. The number of halogens is 1. The Morgan fingerprint density at radius 3 is 2.87 bits per heavy atom. The standard InChI is InChI=1S/C12H10ClN2/c13-12-7-10(1-2-11(12)8-14)9-3-5-15-6-4-9/h1-3,7H,4-6H2. The second kappa shape index (κ2) is 4.48. The third-order valence-corrected chi connectivity index (χ3v) is 2.78. The highest BCUT2D eigenvalue weighted by atomic mass is 35.5. The van der Waals surface area contributed by atoms with Gasteiger partial charge in [0.15, 0.2) is 0 Å². The lowest BCUT2D eigenvalue weighted by Crippen LogP contribution is -2.12. The molecule has 0 bridgehead atoms. The molecule has 1 radical (unpaired) electrons. The van der Waals surface area contributed by atoms with Crippen LogP contribution < -0.4 is 5.32 Å². The highest BCUT2D eigenvalue weighted by Gasteiger charge is 2.08. The molecule has 0 saturated carbocycles. The molecule has 0 amide bonds. The van der Waals surface area contributed by atoms with E-state index in [0.717, 1.165) is 25.1 Å². The molecule has 1 aliphatic heterocycles. The maximum Gasteiger partial charge on any atom is 0.101 e. The van der Waals surface area contributed by atoms with E-state index in [1.54, 1.807) is 6.07 Å². The van der Waals surface area contributed by atoms with Crippen molar-refractivity contribution in [3.8, 4) is 6.07 Å². The Kier molecular flexibility index (Phi) is 3.05. The number of benzene rings is 1. The molecule has 0 N–H and O–H groups in total. The molecule has 75 valence electrons. The number of hydrogen-bond acceptors (Lipinski definition) is 1. The maximum absolute atomic E-state index is 8.76. The first kappa shape index (κ1) is 10.2. The fraction of sp³-hybridized carbons (Fsp3) is 0.250. The number of nitrogens with zero attached hydrogens (tertiary/aromatic N) is 2. The van der Waals surface area contributed by atoms with Crippen LogP contribution >= 0.6 is 11.6 Å². The van der Waals surface area contributed by atoms with Crippen LogP contribution in [-0.2, 0) is 0 Å². The van der Waals surface area contributed by atoms with Crippen LogP contribution in [0.15, 0.2) is 24.3 Å². The molecule has 1 aliphatic rings. The Hall–Kier alpha value is -1.30. The molecule has 2 rings (SSSR count). The molecule has 15 heavy (non-hydrogen) atoms. The highest BCUT2D eigenvalue weighted by molar-refractivity contribution is 6.31. The topological polar surface area (TPSA) is 37.9 Å². The van der Waals surface area contributed by atoms with Crippen molar-refractivity contribution in [3.05, 3.63) is 40.4 Å². The summed E-state index contributed by atoms with van der Waals surface area (Å²) in [5.41, 5.74) is 2.91. The first-order valence-electron chi connectivity index (χ1n) is 4.83. The summed E-state index contributed by atoms with van der Waals surface area (Å²) in [6.45, 7) is 1.66. The average molecular weight is 218 g/mol. The minimum atomic E-state index is 0.526. The SMILES string of the molecule is N#Cc1ccc(C2=CC[N]CC2)cc1Cl. The lowest BCUT2D eigenvalue weighted by Gasteiger charge is -2.13. The van der Waals surface area contributed by atoms with Crippen LogP contribution in [0.5, 0.6) is 0 Å². The Morgan fingerprint density at radius 1 is 1.40 bits per heavy atom. The van der Waals surface area contributed by atoms with Crippen molar-refractivity contribution in [1.82, 2.24) is 5.32 Å². The molecule has 0 spiro atoms. The van der Waals surface area contributed by atoms with E-state index in [2.05, 4.69) is 17.5 Å². The van der Waals surface area contributed by atoms with Crippen molar-refractivity contribution in [1.29, 1.82) is 5.26 Å². The summed E-state index contributed by atoms with van der Waals surface area (Å²) in [5, 5.41) is 13.5. The van der Waals surface area contributed by atoms with E-state index in [4.69, 9.17) is 16.9 Å². The van der Waals surface area contributed by atoms with E-state index in [0.29, 0.717) is 10.6 Å². The van der Waals surface area contributed by atoms with Crippen LogP contribution in [0.25, 0.3) is 5.57 Å². The van der Waals surface area contributed by atoms with Gasteiger partial charge in [-0.05, 0) is 29.7 Å². The zero-order valence-corrected chi connectivity index (χ0v) is 8.96. The smallest absolute Gasteiger partial charge is 0.101 e. The van der Waals surface area contributed by atoms with Crippen LogP contribution in [-0.4, -0.2) is 13.1 Å². The zero-order chi connectivity index (χ0) is 10.7. The van der Waals surface area contributed by atoms with Crippen LogP contribution in [0.3, 0.4) is 0 Å². The molecular weight excluding hydrogens is 208 g/mol. The second-order valence-corrected chi connectivity index (χ2v) is 3.82. The Balaban J connectivity index is 2.34. The van der Waals surface area contributed by atoms with Gasteiger partial charge in [-0.2, -0.15) is 5.26 Å². The van der Waals surface area contributed by atoms with Gasteiger partial charge in [0, 0.05) is 13.1 Å². The largest absolute Gasteiger partial charge is 0.237 e. The van der Waals surface area contributed by atoms with E-state index in [9.17, 15) is 0 Å². The molecule has 1 heterocycles. The summed E-state index contributed by atoms with van der Waals surface area (Å²) in [4.78, 5) is 0. The molecule has 0 aliphatic carbocycles. The Bertz CT molecular complexity index is 443. The minimum Gasteiger partial charge on any atom is -0.237 e. The van der Waals surface area contributed by atoms with E-state index < -0.39 is 0 Å². The van der Waals surface area contributed by atoms with Gasteiger partial charge in [0.1, 0.15) is 6.07 Å². The van der Waals surface area contributed by atoms with Crippen molar-refractivity contribution in [2.45, 2.75) is 6.42 Å². The zero-order valence-electron chi connectivity index (χ0n) is 8.20. The molecule has 0 aromatic heterocycles. The van der Waals surface area contributed by atoms with Gasteiger partial charge in [0.05, 0.1) is 10.6 Å². The summed E-state index contributed by atoms with van der Waals surface area (Å²) in [6, 6.07) is 7.63. The maximum atomic E-state index is 8.76. The van der Waals surface area contributed by atoms with Crippen molar-refractivity contribution < 1.29 is 0 Å². The number of rotatable bonds is 1. The van der Waals surface area contributed by atoms with Gasteiger partial charge in [-0.15, -0.1) is 0 Å². The Labute approximate surface area is 94.2 Å². The van der Waals surface area contributed by atoms with Crippen molar-refractivity contribution in [3.63, 3.8) is 0 Å². The molecule has 0 atom stereocenters. The van der Waals surface area contributed by atoms with Gasteiger partial charge in [-0.1, -0.05) is 23.7 Å². The fourth-order valence-electron chi connectivity index (χ4n) is 1.64. The molecule has 1 aromatic rings. The third-order valence-electron chi connectivity index (χ3n) is 2.47. The monoisotopic (exact) mass is 217 g/mol. The lowest BCUT2D eigenvalue weighted by atomic mass is 9.99. The van der Waals surface area contributed by atoms with Gasteiger partial charge in [-0.3, -0.25) is 0 Å². The molecule has 0 saturated heterocycles. The third kappa shape index (κ3) is 2.20. The van der Waals surface area contributed by atoms with Gasteiger partial charge < -0.3 is 0 Å². The summed E-state index contributed by atoms with van der Waals surface area (Å²) in [6.07, 6.45) is 3.07. The number of nitriles is 1. The molecule has 0 unspecified atom stereocenters. The first-order valence-corrected chi connectivity index (χ1v) is 5.21. The lowest BCUT2D eigenvalue weighted by molar-refractivity contribution is 0.723. The van der Waals surface area contributed by atoms with Crippen LogP contribution in [0, 0.1) is 11.3 Å². The molecule has 2 nitrogen and oxygen atoms in total. The normalized spacial score (nSPS) is 15.6. The highest BCUT2D eigenvalue weighted by Crippen LogP contribution is 2.25. The van der Waals surface area contributed by atoms with Crippen LogP contribution in [0.2, 0.25) is 5.02 Å². The Morgan fingerprint density at radius 2 is 2.27 bits per heavy atom. The fourth-order valence-corrected chi connectivity index (χ4v) is 1.86. The summed E-state index contributed by atoms with van der Waals surface area (Å²) >= 11 is 5.98. The number of hydrogen-bond donors (Lipinski definition) is 0. The van der Waals surface area contributed by atoms with Crippen LogP contribution in [0.1, 0.15) is 17.5 Å². The van der Waals surface area contributed by atoms with Gasteiger partial charge in [0.2, 0.25) is 0 Å². The molecular formula is C12H10ClN2. The first-order chi connectivity index (χ1) is 7.31. The molecule has 3 heteroatoms. The van der Waals surface area contributed by atoms with E-state index in [1.165, 1.54) is 5.57 Å². The average Bonchev–Trinajstić information content (AvgIpc) is 2.30. The second-order valence-electron chi connectivity index (χ2n) is 3.42. The van der Waals surface area contributed by atoms with Crippen molar-refractivity contribution >= 4 is 17.2 Å². The quantitative estimate of drug-likeness (QED) is 0.713. The summed E-state index contributed by atoms with van der Waals surface area (Å²) in [7, 11) is 0. The molecule has 0 fully saturated rings.